The molecule has 0 bridgehead atoms. The van der Waals surface area contributed by atoms with Gasteiger partial charge in [-0.05, 0) is 37.1 Å². The quantitative estimate of drug-likeness (QED) is 0.905. The number of amides is 1. The second kappa shape index (κ2) is 6.81. The Labute approximate surface area is 146 Å². The molecule has 1 fully saturated rings. The van der Waals surface area contributed by atoms with Crippen molar-refractivity contribution < 1.29 is 27.9 Å². The fourth-order valence-corrected chi connectivity index (χ4v) is 3.04. The molecule has 9 heteroatoms. The molecule has 2 heterocycles. The molecule has 1 aromatic heterocycles. The molecule has 0 radical (unpaired) electrons. The summed E-state index contributed by atoms with van der Waals surface area (Å²) in [6, 6.07) is 6.58. The van der Waals surface area contributed by atoms with E-state index in [1.165, 1.54) is 29.2 Å². The minimum atomic E-state index is -4.57. The molecular formula is C17H16F3N3O3. The zero-order valence-electron chi connectivity index (χ0n) is 13.6. The molecule has 1 aliphatic heterocycles. The molecule has 0 spiro atoms. The molecule has 6 nitrogen and oxygen atoms in total. The van der Waals surface area contributed by atoms with Crippen LogP contribution < -0.4 is 0 Å². The zero-order valence-corrected chi connectivity index (χ0v) is 13.6. The maximum absolute atomic E-state index is 13.0. The van der Waals surface area contributed by atoms with E-state index in [2.05, 4.69) is 5.10 Å². The molecule has 1 aliphatic rings. The summed E-state index contributed by atoms with van der Waals surface area (Å²) in [5.74, 6) is -1.99. The summed E-state index contributed by atoms with van der Waals surface area (Å²) in [6.07, 6.45) is -2.46. The second-order valence-electron chi connectivity index (χ2n) is 6.10. The number of hydrogen-bond acceptors (Lipinski definition) is 3. The van der Waals surface area contributed by atoms with Crippen LogP contribution in [0.2, 0.25) is 0 Å². The third-order valence-electron chi connectivity index (χ3n) is 4.33. The molecule has 1 N–H and O–H groups in total. The van der Waals surface area contributed by atoms with Gasteiger partial charge in [0.25, 0.3) is 5.91 Å². The minimum Gasteiger partial charge on any atom is -0.481 e. The predicted octanol–water partition coefficient (Wildman–Crippen LogP) is 2.83. The Morgan fingerprint density at radius 2 is 2.00 bits per heavy atom. The van der Waals surface area contributed by atoms with Gasteiger partial charge in [-0.15, -0.1) is 0 Å². The molecule has 0 aliphatic carbocycles. The van der Waals surface area contributed by atoms with Gasteiger partial charge >= 0.3 is 12.1 Å². The lowest BCUT2D eigenvalue weighted by Crippen LogP contribution is -2.42. The largest absolute Gasteiger partial charge is 0.481 e. The number of carboxylic acid groups (broad SMARTS) is 1. The van der Waals surface area contributed by atoms with Gasteiger partial charge in [0.05, 0.1) is 17.8 Å². The number of carbonyl (C=O) groups is 2. The highest BCUT2D eigenvalue weighted by atomic mass is 19.4. The molecule has 2 aromatic rings. The summed E-state index contributed by atoms with van der Waals surface area (Å²) in [4.78, 5) is 25.2. The average molecular weight is 367 g/mol. The van der Waals surface area contributed by atoms with Gasteiger partial charge in [-0.2, -0.15) is 18.3 Å². The Bertz CT molecular complexity index is 832. The van der Waals surface area contributed by atoms with E-state index in [0.717, 1.165) is 16.9 Å². The smallest absolute Gasteiger partial charge is 0.433 e. The van der Waals surface area contributed by atoms with E-state index in [-0.39, 0.29) is 17.8 Å². The number of piperidine rings is 1. The van der Waals surface area contributed by atoms with Gasteiger partial charge in [0.1, 0.15) is 5.69 Å². The van der Waals surface area contributed by atoms with Crippen LogP contribution in [-0.2, 0) is 11.0 Å². The van der Waals surface area contributed by atoms with Crippen LogP contribution in [0.1, 0.15) is 28.9 Å². The number of likely N-dealkylation sites (tertiary alicyclic amines) is 1. The first-order chi connectivity index (χ1) is 12.3. The zero-order chi connectivity index (χ0) is 18.9. The SMILES string of the molecule is O=C(O)C1CCCN(C(=O)c2cccc(-n3nccc3C(F)(F)F)c2)C1. The molecule has 26 heavy (non-hydrogen) atoms. The molecule has 1 unspecified atom stereocenters. The van der Waals surface area contributed by atoms with E-state index in [1.54, 1.807) is 0 Å². The molecule has 1 atom stereocenters. The van der Waals surface area contributed by atoms with E-state index in [9.17, 15) is 22.8 Å². The Hall–Kier alpha value is -2.84. The molecule has 0 saturated carbocycles. The topological polar surface area (TPSA) is 75.4 Å². The highest BCUT2D eigenvalue weighted by Gasteiger charge is 2.35. The Morgan fingerprint density at radius 1 is 1.23 bits per heavy atom. The summed E-state index contributed by atoms with van der Waals surface area (Å²) in [5.41, 5.74) is -0.636. The number of aliphatic carboxylic acids is 1. The number of aromatic nitrogens is 2. The van der Waals surface area contributed by atoms with E-state index in [1.807, 2.05) is 0 Å². The molecule has 1 amide bonds. The van der Waals surface area contributed by atoms with Crippen molar-refractivity contribution in [3.05, 3.63) is 47.8 Å². The number of benzene rings is 1. The van der Waals surface area contributed by atoms with Crippen LogP contribution >= 0.6 is 0 Å². The Morgan fingerprint density at radius 3 is 2.69 bits per heavy atom. The van der Waals surface area contributed by atoms with Crippen molar-refractivity contribution >= 4 is 11.9 Å². The summed E-state index contributed by atoms with van der Waals surface area (Å²) in [7, 11) is 0. The fourth-order valence-electron chi connectivity index (χ4n) is 3.04. The fraction of sp³-hybridized carbons (Fsp3) is 0.353. The third kappa shape index (κ3) is 3.56. The minimum absolute atomic E-state index is 0.0912. The molecule has 1 aromatic carbocycles. The first-order valence-electron chi connectivity index (χ1n) is 8.01. The standard InChI is InChI=1S/C17H16F3N3O3/c18-17(19,20)14-6-7-21-23(14)13-5-1-3-11(9-13)15(24)22-8-2-4-12(10-22)16(25)26/h1,3,5-7,9,12H,2,4,8,10H2,(H,25,26). The normalized spacial score (nSPS) is 18.0. The van der Waals surface area contributed by atoms with Crippen LogP contribution in [0.15, 0.2) is 36.5 Å². The van der Waals surface area contributed by atoms with Crippen LogP contribution in [-0.4, -0.2) is 44.8 Å². The number of halogens is 3. The lowest BCUT2D eigenvalue weighted by molar-refractivity contribution is -0.143. The number of carbonyl (C=O) groups excluding carboxylic acids is 1. The summed E-state index contributed by atoms with van der Waals surface area (Å²) in [5, 5.41) is 12.8. The third-order valence-corrected chi connectivity index (χ3v) is 4.33. The van der Waals surface area contributed by atoms with Gasteiger partial charge in [-0.25, -0.2) is 4.68 Å². The average Bonchev–Trinajstić information content (AvgIpc) is 3.11. The van der Waals surface area contributed by atoms with E-state index < -0.39 is 29.7 Å². The Balaban J connectivity index is 1.87. The number of alkyl halides is 3. The number of hydrogen-bond donors (Lipinski definition) is 1. The Kier molecular flexibility index (Phi) is 4.71. The van der Waals surface area contributed by atoms with Gasteiger partial charge in [0, 0.05) is 18.7 Å². The lowest BCUT2D eigenvalue weighted by atomic mass is 9.97. The van der Waals surface area contributed by atoms with E-state index in [4.69, 9.17) is 5.11 Å². The van der Waals surface area contributed by atoms with Crippen molar-refractivity contribution in [3.63, 3.8) is 0 Å². The van der Waals surface area contributed by atoms with Gasteiger partial charge in [-0.1, -0.05) is 6.07 Å². The number of carboxylic acids is 1. The van der Waals surface area contributed by atoms with Crippen molar-refractivity contribution in [1.29, 1.82) is 0 Å². The predicted molar refractivity (Wildman–Crippen MR) is 84.8 cm³/mol. The van der Waals surface area contributed by atoms with Crippen molar-refractivity contribution in [2.45, 2.75) is 19.0 Å². The van der Waals surface area contributed by atoms with Crippen LogP contribution in [0, 0.1) is 5.92 Å². The maximum atomic E-state index is 13.0. The van der Waals surface area contributed by atoms with Crippen LogP contribution in [0.3, 0.4) is 0 Å². The first-order valence-corrected chi connectivity index (χ1v) is 8.01. The van der Waals surface area contributed by atoms with Gasteiger partial charge in [0.15, 0.2) is 0 Å². The highest BCUT2D eigenvalue weighted by molar-refractivity contribution is 5.95. The summed E-state index contributed by atoms with van der Waals surface area (Å²) >= 11 is 0. The monoisotopic (exact) mass is 367 g/mol. The van der Waals surface area contributed by atoms with Crippen LogP contribution in [0.4, 0.5) is 13.2 Å². The molecule has 3 rings (SSSR count). The van der Waals surface area contributed by atoms with E-state index in [0.29, 0.717) is 19.4 Å². The van der Waals surface area contributed by atoms with Crippen LogP contribution in [0.5, 0.6) is 0 Å². The van der Waals surface area contributed by atoms with Gasteiger partial charge in [0.2, 0.25) is 0 Å². The van der Waals surface area contributed by atoms with Gasteiger partial charge < -0.3 is 10.0 Å². The molecule has 1 saturated heterocycles. The highest BCUT2D eigenvalue weighted by Crippen LogP contribution is 2.30. The summed E-state index contributed by atoms with van der Waals surface area (Å²) < 4.78 is 39.9. The summed E-state index contributed by atoms with van der Waals surface area (Å²) in [6.45, 7) is 0.510. The van der Waals surface area contributed by atoms with Crippen molar-refractivity contribution in [2.24, 2.45) is 5.92 Å². The second-order valence-corrected chi connectivity index (χ2v) is 6.10. The first kappa shape index (κ1) is 18.0. The molecule has 138 valence electrons. The lowest BCUT2D eigenvalue weighted by Gasteiger charge is -2.30. The molecular weight excluding hydrogens is 351 g/mol. The van der Waals surface area contributed by atoms with Crippen molar-refractivity contribution in [2.75, 3.05) is 13.1 Å². The number of rotatable bonds is 3. The number of nitrogens with zero attached hydrogens (tertiary/aromatic N) is 3. The van der Waals surface area contributed by atoms with E-state index >= 15 is 0 Å². The maximum Gasteiger partial charge on any atom is 0.433 e. The van der Waals surface area contributed by atoms with Crippen LogP contribution in [0.25, 0.3) is 5.69 Å². The van der Waals surface area contributed by atoms with Gasteiger partial charge in [-0.3, -0.25) is 9.59 Å². The van der Waals surface area contributed by atoms with Crippen molar-refractivity contribution in [1.82, 2.24) is 14.7 Å². The van der Waals surface area contributed by atoms with Crippen molar-refractivity contribution in [3.8, 4) is 5.69 Å².